The van der Waals surface area contributed by atoms with E-state index in [1.54, 1.807) is 11.6 Å². The van der Waals surface area contributed by atoms with Crippen LogP contribution in [0.25, 0.3) is 11.2 Å². The second kappa shape index (κ2) is 4.86. The Balaban J connectivity index is 1.71. The summed E-state index contributed by atoms with van der Waals surface area (Å²) in [7, 11) is 1.56. The van der Waals surface area contributed by atoms with Crippen molar-refractivity contribution >= 4 is 11.2 Å². The van der Waals surface area contributed by atoms with Gasteiger partial charge in [-0.2, -0.15) is 0 Å². The summed E-state index contributed by atoms with van der Waals surface area (Å²) in [6, 6.07) is 0. The molecule has 6 rings (SSSR count). The Bertz CT molecular complexity index is 960. The lowest BCUT2D eigenvalue weighted by Gasteiger charge is -2.36. The minimum absolute atomic E-state index is 0.110. The molecule has 0 spiro atoms. The number of fused-ring (bicyclic) bond motifs is 1. The zero-order valence-electron chi connectivity index (χ0n) is 15.2. The van der Waals surface area contributed by atoms with E-state index in [1.165, 1.54) is 36.7 Å². The zero-order valence-corrected chi connectivity index (χ0v) is 15.2. The highest BCUT2D eigenvalue weighted by atomic mass is 16.2. The minimum Gasteiger partial charge on any atom is -0.336 e. The van der Waals surface area contributed by atoms with Gasteiger partial charge in [-0.15, -0.1) is 0 Å². The van der Waals surface area contributed by atoms with Crippen molar-refractivity contribution < 1.29 is 0 Å². The van der Waals surface area contributed by atoms with Gasteiger partial charge in [0.25, 0.3) is 5.56 Å². The predicted octanol–water partition coefficient (Wildman–Crippen LogP) is 2.16. The number of aromatic amines is 1. The molecule has 2 heterocycles. The molecule has 2 atom stereocenters. The SMILES string of the molecule is CC(C)Cn1c(=O)n(C)c(=O)c2[nH]c(C34CC5CC(C3)C(C5)C4)nc21. The van der Waals surface area contributed by atoms with Crippen molar-refractivity contribution in [2.24, 2.45) is 30.7 Å². The molecular formula is C19H26N4O2. The molecule has 2 unspecified atom stereocenters. The lowest BCUT2D eigenvalue weighted by Crippen LogP contribution is -2.38. The van der Waals surface area contributed by atoms with Crippen LogP contribution in [-0.4, -0.2) is 19.1 Å². The van der Waals surface area contributed by atoms with Crippen molar-refractivity contribution in [2.45, 2.75) is 57.9 Å². The van der Waals surface area contributed by atoms with Gasteiger partial charge in [-0.25, -0.2) is 9.78 Å². The Kier molecular flexibility index (Phi) is 3.00. The molecule has 0 aliphatic heterocycles. The third kappa shape index (κ3) is 1.99. The van der Waals surface area contributed by atoms with E-state index in [1.807, 2.05) is 0 Å². The fraction of sp³-hybridized carbons (Fsp3) is 0.737. The van der Waals surface area contributed by atoms with Gasteiger partial charge in [0, 0.05) is 19.0 Å². The quantitative estimate of drug-likeness (QED) is 0.929. The number of rotatable bonds is 3. The highest BCUT2D eigenvalue weighted by Crippen LogP contribution is 2.64. The van der Waals surface area contributed by atoms with Crippen molar-refractivity contribution in [2.75, 3.05) is 0 Å². The highest BCUT2D eigenvalue weighted by molar-refractivity contribution is 5.70. The first-order valence-corrected chi connectivity index (χ1v) is 9.58. The van der Waals surface area contributed by atoms with E-state index in [0.717, 1.165) is 23.6 Å². The molecule has 4 bridgehead atoms. The standard InChI is InChI=1S/C19H26N4O2/c1-10(2)9-23-15-14(16(24)22(3)18(23)25)20-17(21-15)19-6-11-4-12(7-19)13(5-11)8-19/h10-13H,4-9H2,1-3H3,(H,20,21). The van der Waals surface area contributed by atoms with Crippen LogP contribution in [0.2, 0.25) is 0 Å². The van der Waals surface area contributed by atoms with E-state index >= 15 is 0 Å². The molecule has 1 N–H and O–H groups in total. The highest BCUT2D eigenvalue weighted by Gasteiger charge is 2.57. The third-order valence-electron chi connectivity index (χ3n) is 6.95. The van der Waals surface area contributed by atoms with Gasteiger partial charge in [-0.3, -0.25) is 13.9 Å². The van der Waals surface area contributed by atoms with Crippen molar-refractivity contribution in [1.29, 1.82) is 0 Å². The van der Waals surface area contributed by atoms with E-state index in [9.17, 15) is 9.59 Å². The Morgan fingerprint density at radius 3 is 2.48 bits per heavy atom. The van der Waals surface area contributed by atoms with Crippen LogP contribution in [0.3, 0.4) is 0 Å². The summed E-state index contributed by atoms with van der Waals surface area (Å²) < 4.78 is 2.88. The summed E-state index contributed by atoms with van der Waals surface area (Å²) in [5.74, 6) is 3.78. The molecule has 2 aromatic rings. The van der Waals surface area contributed by atoms with Crippen LogP contribution in [0.5, 0.6) is 0 Å². The molecule has 0 amide bonds. The van der Waals surface area contributed by atoms with Gasteiger partial charge in [0.15, 0.2) is 5.65 Å². The number of imidazole rings is 1. The van der Waals surface area contributed by atoms with Crippen molar-refractivity contribution in [3.63, 3.8) is 0 Å². The number of H-pyrrole nitrogens is 1. The van der Waals surface area contributed by atoms with Crippen molar-refractivity contribution in [1.82, 2.24) is 19.1 Å². The Morgan fingerprint density at radius 2 is 1.88 bits per heavy atom. The molecule has 4 aliphatic carbocycles. The van der Waals surface area contributed by atoms with Gasteiger partial charge < -0.3 is 4.98 Å². The summed E-state index contributed by atoms with van der Waals surface area (Å²) >= 11 is 0. The number of hydrogen-bond donors (Lipinski definition) is 1. The molecule has 2 aromatic heterocycles. The molecule has 0 saturated heterocycles. The zero-order chi connectivity index (χ0) is 17.5. The first-order valence-electron chi connectivity index (χ1n) is 9.58. The molecule has 4 fully saturated rings. The second-order valence-electron chi connectivity index (χ2n) is 9.19. The van der Waals surface area contributed by atoms with Gasteiger partial charge in [-0.05, 0) is 55.8 Å². The van der Waals surface area contributed by atoms with Crippen LogP contribution >= 0.6 is 0 Å². The van der Waals surface area contributed by atoms with Gasteiger partial charge in [-0.1, -0.05) is 13.8 Å². The number of nitrogens with zero attached hydrogens (tertiary/aromatic N) is 3. The molecular weight excluding hydrogens is 316 g/mol. The average molecular weight is 342 g/mol. The fourth-order valence-corrected chi connectivity index (χ4v) is 6.12. The minimum atomic E-state index is -0.266. The monoisotopic (exact) mass is 342 g/mol. The smallest absolute Gasteiger partial charge is 0.332 e. The first-order chi connectivity index (χ1) is 11.9. The van der Waals surface area contributed by atoms with E-state index in [-0.39, 0.29) is 16.7 Å². The molecule has 6 nitrogen and oxygen atoms in total. The van der Waals surface area contributed by atoms with E-state index in [0.29, 0.717) is 23.6 Å². The second-order valence-corrected chi connectivity index (χ2v) is 9.19. The molecule has 25 heavy (non-hydrogen) atoms. The van der Waals surface area contributed by atoms with Crippen LogP contribution in [0.15, 0.2) is 9.59 Å². The molecule has 0 aromatic carbocycles. The Labute approximate surface area is 146 Å². The Morgan fingerprint density at radius 1 is 1.20 bits per heavy atom. The summed E-state index contributed by atoms with van der Waals surface area (Å²) in [6.07, 6.45) is 6.35. The lowest BCUT2D eigenvalue weighted by atomic mass is 9.69. The van der Waals surface area contributed by atoms with Crippen LogP contribution in [0.4, 0.5) is 0 Å². The van der Waals surface area contributed by atoms with Gasteiger partial charge in [0.1, 0.15) is 11.3 Å². The molecule has 4 aliphatic rings. The van der Waals surface area contributed by atoms with E-state index in [4.69, 9.17) is 4.98 Å². The summed E-state index contributed by atoms with van der Waals surface area (Å²) in [4.78, 5) is 33.5. The topological polar surface area (TPSA) is 72.7 Å². The summed E-state index contributed by atoms with van der Waals surface area (Å²) in [6.45, 7) is 4.73. The molecule has 6 heteroatoms. The third-order valence-corrected chi connectivity index (χ3v) is 6.95. The van der Waals surface area contributed by atoms with Gasteiger partial charge >= 0.3 is 5.69 Å². The Hall–Kier alpha value is -1.85. The first kappa shape index (κ1) is 15.4. The van der Waals surface area contributed by atoms with Crippen LogP contribution in [0.1, 0.15) is 51.8 Å². The van der Waals surface area contributed by atoms with Crippen LogP contribution in [0, 0.1) is 23.7 Å². The number of aromatic nitrogens is 4. The number of nitrogens with one attached hydrogen (secondary N) is 1. The normalized spacial score (nSPS) is 33.2. The summed E-state index contributed by atoms with van der Waals surface area (Å²) in [5.41, 5.74) is 0.631. The van der Waals surface area contributed by atoms with Crippen molar-refractivity contribution in [3.05, 3.63) is 26.7 Å². The van der Waals surface area contributed by atoms with Crippen molar-refractivity contribution in [3.8, 4) is 0 Å². The molecule has 4 saturated carbocycles. The maximum atomic E-state index is 12.6. The largest absolute Gasteiger partial charge is 0.336 e. The maximum absolute atomic E-state index is 12.6. The van der Waals surface area contributed by atoms with Crippen LogP contribution in [-0.2, 0) is 19.0 Å². The number of hydrogen-bond acceptors (Lipinski definition) is 3. The molecule has 134 valence electrons. The maximum Gasteiger partial charge on any atom is 0.332 e. The van der Waals surface area contributed by atoms with Gasteiger partial charge in [0.2, 0.25) is 0 Å². The predicted molar refractivity (Wildman–Crippen MR) is 95.7 cm³/mol. The fourth-order valence-electron chi connectivity index (χ4n) is 6.12. The van der Waals surface area contributed by atoms with E-state index in [2.05, 4.69) is 18.8 Å². The summed E-state index contributed by atoms with van der Waals surface area (Å²) in [5, 5.41) is 0. The lowest BCUT2D eigenvalue weighted by molar-refractivity contribution is 0.220. The molecule has 0 radical (unpaired) electrons. The average Bonchev–Trinajstić information content (AvgIpc) is 3.19. The van der Waals surface area contributed by atoms with Crippen LogP contribution < -0.4 is 11.2 Å². The van der Waals surface area contributed by atoms with Gasteiger partial charge in [0.05, 0.1) is 0 Å². The van der Waals surface area contributed by atoms with E-state index < -0.39 is 0 Å².